The molecule has 22 heavy (non-hydrogen) atoms. The van der Waals surface area contributed by atoms with Gasteiger partial charge in [-0.25, -0.2) is 4.79 Å². The molecule has 5 heteroatoms. The zero-order valence-electron chi connectivity index (χ0n) is 13.6. The monoisotopic (exact) mass is 309 g/mol. The van der Waals surface area contributed by atoms with Crippen LogP contribution in [-0.4, -0.2) is 41.7 Å². The predicted molar refractivity (Wildman–Crippen MR) is 87.8 cm³/mol. The van der Waals surface area contributed by atoms with E-state index in [0.29, 0.717) is 0 Å². The second-order valence-corrected chi connectivity index (χ2v) is 5.59. The number of amides is 1. The van der Waals surface area contributed by atoms with Crippen molar-refractivity contribution in [2.45, 2.75) is 32.3 Å². The molecule has 0 radical (unpaired) electrons. The molecule has 0 heterocycles. The summed E-state index contributed by atoms with van der Waals surface area (Å²) in [7, 11) is 0. The smallest absolute Gasteiger partial charge is 0.407 e. The first-order chi connectivity index (χ1) is 10.3. The lowest BCUT2D eigenvalue weighted by Gasteiger charge is -2.19. The van der Waals surface area contributed by atoms with Crippen molar-refractivity contribution in [3.8, 4) is 0 Å². The number of aliphatic hydroxyl groups is 2. The first kappa shape index (κ1) is 20.1. The third kappa shape index (κ3) is 9.96. The Hall–Kier alpha value is -1.85. The van der Waals surface area contributed by atoms with Crippen molar-refractivity contribution in [1.29, 1.82) is 0 Å². The Morgan fingerprint density at radius 2 is 1.91 bits per heavy atom. The van der Waals surface area contributed by atoms with Crippen LogP contribution in [0.5, 0.6) is 0 Å². The fourth-order valence-corrected chi connectivity index (χ4v) is 1.49. The van der Waals surface area contributed by atoms with Gasteiger partial charge in [0.05, 0.1) is 13.2 Å². The summed E-state index contributed by atoms with van der Waals surface area (Å²) in [5.41, 5.74) is 0.643. The van der Waals surface area contributed by atoms with Crippen LogP contribution in [0.4, 0.5) is 4.79 Å². The van der Waals surface area contributed by atoms with Crippen LogP contribution in [0.2, 0.25) is 0 Å². The van der Waals surface area contributed by atoms with Gasteiger partial charge in [0.25, 0.3) is 0 Å². The first-order valence-corrected chi connectivity index (χ1v) is 7.20. The number of hydrogen-bond acceptors (Lipinski definition) is 4. The first-order valence-electron chi connectivity index (χ1n) is 7.20. The van der Waals surface area contributed by atoms with Crippen LogP contribution in [0.15, 0.2) is 43.0 Å². The molecule has 0 aromatic heterocycles. The van der Waals surface area contributed by atoms with Gasteiger partial charge in [-0.1, -0.05) is 36.4 Å². The maximum Gasteiger partial charge on any atom is 0.407 e. The molecular formula is C17H27NO4. The van der Waals surface area contributed by atoms with Crippen molar-refractivity contribution in [3.05, 3.63) is 48.6 Å². The van der Waals surface area contributed by atoms with Crippen LogP contribution in [0, 0.1) is 0 Å². The van der Waals surface area contributed by atoms with E-state index in [4.69, 9.17) is 14.9 Å². The molecule has 1 rings (SSSR count). The second-order valence-electron chi connectivity index (χ2n) is 5.59. The average molecular weight is 309 g/mol. The van der Waals surface area contributed by atoms with Gasteiger partial charge in [0.1, 0.15) is 5.60 Å². The van der Waals surface area contributed by atoms with E-state index in [1.165, 1.54) is 0 Å². The molecule has 1 unspecified atom stereocenters. The van der Waals surface area contributed by atoms with Crippen LogP contribution in [0.25, 0.3) is 0 Å². The number of carbonyl (C=O) groups excluding carboxylic acids is 1. The van der Waals surface area contributed by atoms with Crippen molar-refractivity contribution in [2.75, 3.05) is 19.8 Å². The molecule has 124 valence electrons. The third-order valence-corrected chi connectivity index (χ3v) is 2.49. The van der Waals surface area contributed by atoms with Crippen LogP contribution in [-0.2, 0) is 4.74 Å². The van der Waals surface area contributed by atoms with E-state index in [-0.39, 0.29) is 25.7 Å². The minimum absolute atomic E-state index is 0.0702. The number of benzene rings is 1. The highest BCUT2D eigenvalue weighted by atomic mass is 16.6. The van der Waals surface area contributed by atoms with E-state index in [0.717, 1.165) is 5.56 Å². The summed E-state index contributed by atoms with van der Waals surface area (Å²) >= 11 is 0. The van der Waals surface area contributed by atoms with Crippen LogP contribution in [0.1, 0.15) is 32.3 Å². The Bertz CT molecular complexity index is 426. The molecule has 0 aliphatic heterocycles. The van der Waals surface area contributed by atoms with Crippen LogP contribution in [0.3, 0.4) is 0 Å². The Labute approximate surface area is 132 Å². The zero-order valence-corrected chi connectivity index (χ0v) is 13.6. The molecule has 5 nitrogen and oxygen atoms in total. The number of hydrogen-bond donors (Lipinski definition) is 3. The van der Waals surface area contributed by atoms with Gasteiger partial charge in [-0.2, -0.15) is 0 Å². The van der Waals surface area contributed by atoms with Crippen molar-refractivity contribution in [1.82, 2.24) is 5.32 Å². The highest BCUT2D eigenvalue weighted by molar-refractivity contribution is 5.67. The summed E-state index contributed by atoms with van der Waals surface area (Å²) < 4.78 is 4.88. The van der Waals surface area contributed by atoms with Gasteiger partial charge in [0.2, 0.25) is 0 Å². The summed E-state index contributed by atoms with van der Waals surface area (Å²) in [6, 6.07) is 9.86. The predicted octanol–water partition coefficient (Wildman–Crippen LogP) is 2.45. The number of carbonyl (C=O) groups is 1. The molecule has 0 fully saturated rings. The lowest BCUT2D eigenvalue weighted by atomic mass is 10.0. The molecule has 0 aliphatic rings. The van der Waals surface area contributed by atoms with Crippen molar-refractivity contribution in [2.24, 2.45) is 0 Å². The quantitative estimate of drug-likeness (QED) is 0.730. The molecule has 0 spiro atoms. The SMILES string of the molecule is C=CC(CO)c1ccccc1.CC(C)(C)OC(=O)NCCO. The molecule has 1 aromatic carbocycles. The van der Waals surface area contributed by atoms with E-state index in [1.807, 2.05) is 30.3 Å². The number of rotatable bonds is 5. The summed E-state index contributed by atoms with van der Waals surface area (Å²) in [4.78, 5) is 10.8. The Morgan fingerprint density at radius 3 is 2.32 bits per heavy atom. The maximum atomic E-state index is 10.8. The van der Waals surface area contributed by atoms with Crippen molar-refractivity contribution in [3.63, 3.8) is 0 Å². The van der Waals surface area contributed by atoms with Crippen LogP contribution < -0.4 is 5.32 Å². The number of ether oxygens (including phenoxy) is 1. The third-order valence-electron chi connectivity index (χ3n) is 2.49. The maximum absolute atomic E-state index is 10.8. The summed E-state index contributed by atoms with van der Waals surface area (Å²) in [6.45, 7) is 9.29. The minimum Gasteiger partial charge on any atom is -0.444 e. The topological polar surface area (TPSA) is 78.8 Å². The zero-order chi connectivity index (χ0) is 17.0. The van der Waals surface area contributed by atoms with Gasteiger partial charge in [-0.05, 0) is 26.3 Å². The Balaban J connectivity index is 0.000000401. The van der Waals surface area contributed by atoms with Crippen LogP contribution >= 0.6 is 0 Å². The van der Waals surface area contributed by atoms with Gasteiger partial charge in [-0.3, -0.25) is 0 Å². The molecule has 1 aromatic rings. The van der Waals surface area contributed by atoms with E-state index >= 15 is 0 Å². The number of aliphatic hydroxyl groups excluding tert-OH is 2. The van der Waals surface area contributed by atoms with E-state index in [2.05, 4.69) is 11.9 Å². The average Bonchev–Trinajstić information content (AvgIpc) is 2.46. The molecular weight excluding hydrogens is 282 g/mol. The second kappa shape index (κ2) is 10.8. The Morgan fingerprint density at radius 1 is 1.32 bits per heavy atom. The van der Waals surface area contributed by atoms with E-state index in [9.17, 15) is 4.79 Å². The van der Waals surface area contributed by atoms with Crippen molar-refractivity contribution >= 4 is 6.09 Å². The lowest BCUT2D eigenvalue weighted by Crippen LogP contribution is -2.33. The van der Waals surface area contributed by atoms with Crippen molar-refractivity contribution < 1.29 is 19.7 Å². The summed E-state index contributed by atoms with van der Waals surface area (Å²) in [6.07, 6.45) is 1.27. The largest absolute Gasteiger partial charge is 0.444 e. The lowest BCUT2D eigenvalue weighted by molar-refractivity contribution is 0.0518. The summed E-state index contributed by atoms with van der Waals surface area (Å²) in [5.74, 6) is 0.0798. The van der Waals surface area contributed by atoms with E-state index < -0.39 is 11.7 Å². The standard InChI is InChI=1S/C10H12O.C7H15NO3/c1-2-9(8-11)10-6-4-3-5-7-10;1-7(2,3)11-6(10)8-4-5-9/h2-7,9,11H,1,8H2;9H,4-5H2,1-3H3,(H,8,10). The normalized spacial score (nSPS) is 11.7. The molecule has 0 bridgehead atoms. The fraction of sp³-hybridized carbons (Fsp3) is 0.471. The highest BCUT2D eigenvalue weighted by Gasteiger charge is 2.14. The van der Waals surface area contributed by atoms with Gasteiger partial charge in [-0.15, -0.1) is 6.58 Å². The number of alkyl carbamates (subject to hydrolysis) is 1. The molecule has 0 saturated heterocycles. The fourth-order valence-electron chi connectivity index (χ4n) is 1.49. The van der Waals surface area contributed by atoms with Gasteiger partial charge >= 0.3 is 6.09 Å². The molecule has 0 saturated carbocycles. The molecule has 0 aliphatic carbocycles. The van der Waals surface area contributed by atoms with E-state index in [1.54, 1.807) is 26.8 Å². The molecule has 1 atom stereocenters. The summed E-state index contributed by atoms with van der Waals surface area (Å²) in [5, 5.41) is 19.6. The van der Waals surface area contributed by atoms with Gasteiger partial charge in [0, 0.05) is 12.5 Å². The molecule has 1 amide bonds. The number of nitrogens with one attached hydrogen (secondary N) is 1. The minimum atomic E-state index is -0.494. The Kier molecular flexibility index (Phi) is 9.91. The van der Waals surface area contributed by atoms with Gasteiger partial charge < -0.3 is 20.3 Å². The molecule has 3 N–H and O–H groups in total. The van der Waals surface area contributed by atoms with Gasteiger partial charge in [0.15, 0.2) is 0 Å². The highest BCUT2D eigenvalue weighted by Crippen LogP contribution is 2.14.